The number of nitrogen functional groups attached to an aromatic ring is 1. The number of rotatable bonds is 11. The van der Waals surface area contributed by atoms with E-state index in [1.54, 1.807) is 65.8 Å². The number of carboxylic acid groups (broad SMARTS) is 2. The first-order chi connectivity index (χ1) is 20.3. The number of aliphatic carboxylic acids is 2. The van der Waals surface area contributed by atoms with E-state index in [1.165, 1.54) is 24.3 Å². The molecule has 0 aliphatic carbocycles. The molecular formula is C28H38N4O12. The van der Waals surface area contributed by atoms with Gasteiger partial charge in [-0.3, -0.25) is 10.1 Å². The normalized spacial score (nSPS) is 12.2. The van der Waals surface area contributed by atoms with E-state index in [-0.39, 0.29) is 18.0 Å². The lowest BCUT2D eigenvalue weighted by Crippen LogP contribution is -2.46. The molecule has 2 aromatic rings. The number of ether oxygens (including phenoxy) is 4. The van der Waals surface area contributed by atoms with Crippen LogP contribution in [-0.2, 0) is 19.1 Å². The summed E-state index contributed by atoms with van der Waals surface area (Å²) in [6.45, 7) is 9.20. The standard InChI is InChI=1S/C14H18N2O7.C14H20N2O5/c1-14(2,3)23-13(19)15-9(12(17)18)8-22-11-7-5-4-6-10(11)16(20)21;1-14(2,3)21-13(19)16-10(12(17)18)8-20-11-7-5-4-6-9(11)15/h4-7,9H,8H2,1-3H3,(H,15,19)(H,17,18);4-7,10H,8,15H2,1-3H3,(H,16,19)(H,17,18)/t9-;10-/m11/s1. The summed E-state index contributed by atoms with van der Waals surface area (Å²) in [6, 6.07) is 9.57. The number of carbonyl (C=O) groups excluding carboxylic acids is 2. The van der Waals surface area contributed by atoms with Gasteiger partial charge < -0.3 is 45.5 Å². The SMILES string of the molecule is CC(C)(C)OC(=O)N[C@H](COc1ccccc1N)C(=O)O.CC(C)(C)OC(=O)N[C@H](COc1ccccc1[N+](=O)[O-])C(=O)O. The first-order valence-corrected chi connectivity index (χ1v) is 13.1. The van der Waals surface area contributed by atoms with Gasteiger partial charge in [0, 0.05) is 6.07 Å². The molecule has 0 aliphatic heterocycles. The van der Waals surface area contributed by atoms with E-state index in [1.807, 2.05) is 0 Å². The zero-order valence-corrected chi connectivity index (χ0v) is 25.2. The number of nitro benzene ring substituents is 1. The molecule has 0 aromatic heterocycles. The Kier molecular flexibility index (Phi) is 13.7. The van der Waals surface area contributed by atoms with Crippen LogP contribution in [0.2, 0.25) is 0 Å². The van der Waals surface area contributed by atoms with Gasteiger partial charge in [-0.1, -0.05) is 24.3 Å². The van der Waals surface area contributed by atoms with E-state index >= 15 is 0 Å². The Balaban J connectivity index is 0.000000442. The minimum Gasteiger partial charge on any atom is -0.489 e. The molecule has 16 heteroatoms. The van der Waals surface area contributed by atoms with Crippen LogP contribution in [0.4, 0.5) is 21.0 Å². The van der Waals surface area contributed by atoms with Crippen molar-refractivity contribution in [3.63, 3.8) is 0 Å². The van der Waals surface area contributed by atoms with Gasteiger partial charge in [0.15, 0.2) is 17.8 Å². The number of nitrogens with one attached hydrogen (secondary N) is 2. The van der Waals surface area contributed by atoms with Crippen molar-refractivity contribution < 1.29 is 53.3 Å². The average molecular weight is 623 g/mol. The molecule has 2 rings (SSSR count). The summed E-state index contributed by atoms with van der Waals surface area (Å²) in [5.41, 5.74) is 4.28. The Morgan fingerprint density at radius 3 is 1.55 bits per heavy atom. The van der Waals surface area contributed by atoms with E-state index in [0.717, 1.165) is 0 Å². The molecule has 242 valence electrons. The number of alkyl carbamates (subject to hydrolysis) is 2. The van der Waals surface area contributed by atoms with Crippen LogP contribution >= 0.6 is 0 Å². The van der Waals surface area contributed by atoms with Gasteiger partial charge in [-0.05, 0) is 59.7 Å². The minimum atomic E-state index is -1.41. The Morgan fingerprint density at radius 2 is 1.16 bits per heavy atom. The fourth-order valence-corrected chi connectivity index (χ4v) is 2.94. The maximum Gasteiger partial charge on any atom is 0.408 e. The van der Waals surface area contributed by atoms with Gasteiger partial charge in [0.05, 0.1) is 10.6 Å². The second kappa shape index (κ2) is 16.4. The number of para-hydroxylation sites is 4. The fourth-order valence-electron chi connectivity index (χ4n) is 2.94. The van der Waals surface area contributed by atoms with Crippen LogP contribution in [0.15, 0.2) is 48.5 Å². The molecule has 16 nitrogen and oxygen atoms in total. The number of nitrogens with zero attached hydrogens (tertiary/aromatic N) is 1. The summed E-state index contributed by atoms with van der Waals surface area (Å²) in [6.07, 6.45) is -1.74. The average Bonchev–Trinajstić information content (AvgIpc) is 2.88. The number of hydrogen-bond donors (Lipinski definition) is 5. The van der Waals surface area contributed by atoms with E-state index in [0.29, 0.717) is 11.4 Å². The molecule has 0 saturated heterocycles. The number of anilines is 1. The molecule has 0 radical (unpaired) electrons. The third-order valence-corrected chi connectivity index (χ3v) is 4.77. The molecule has 6 N–H and O–H groups in total. The predicted octanol–water partition coefficient (Wildman–Crippen LogP) is 3.58. The van der Waals surface area contributed by atoms with Crippen molar-refractivity contribution in [2.75, 3.05) is 18.9 Å². The molecule has 0 unspecified atom stereocenters. The van der Waals surface area contributed by atoms with Crippen molar-refractivity contribution in [3.8, 4) is 11.5 Å². The van der Waals surface area contributed by atoms with Gasteiger partial charge in [-0.2, -0.15) is 0 Å². The molecule has 2 aromatic carbocycles. The molecule has 2 atom stereocenters. The number of carbonyl (C=O) groups is 4. The molecular weight excluding hydrogens is 584 g/mol. The highest BCUT2D eigenvalue weighted by atomic mass is 16.6. The van der Waals surface area contributed by atoms with E-state index < -0.39 is 58.9 Å². The Hall–Kier alpha value is -5.28. The van der Waals surface area contributed by atoms with E-state index in [2.05, 4.69) is 10.6 Å². The van der Waals surface area contributed by atoms with Gasteiger partial charge >= 0.3 is 29.8 Å². The number of nitrogens with two attached hydrogens (primary N) is 1. The van der Waals surface area contributed by atoms with Crippen LogP contribution in [0.5, 0.6) is 11.5 Å². The lowest BCUT2D eigenvalue weighted by atomic mass is 10.2. The summed E-state index contributed by atoms with van der Waals surface area (Å²) in [4.78, 5) is 55.7. The number of carboxylic acids is 2. The van der Waals surface area contributed by atoms with Gasteiger partial charge in [0.25, 0.3) is 0 Å². The maximum absolute atomic E-state index is 11.6. The van der Waals surface area contributed by atoms with Crippen molar-refractivity contribution in [2.24, 2.45) is 0 Å². The highest BCUT2D eigenvalue weighted by Gasteiger charge is 2.26. The first kappa shape index (κ1) is 36.7. The molecule has 0 fully saturated rings. The largest absolute Gasteiger partial charge is 0.489 e. The Morgan fingerprint density at radius 1 is 0.773 bits per heavy atom. The smallest absolute Gasteiger partial charge is 0.408 e. The third-order valence-electron chi connectivity index (χ3n) is 4.77. The van der Waals surface area contributed by atoms with Crippen molar-refractivity contribution in [2.45, 2.75) is 64.8 Å². The Bertz CT molecular complexity index is 1300. The Labute approximate surface area is 253 Å². The van der Waals surface area contributed by atoms with Crippen LogP contribution < -0.4 is 25.8 Å². The molecule has 0 spiro atoms. The van der Waals surface area contributed by atoms with E-state index in [4.69, 9.17) is 34.9 Å². The van der Waals surface area contributed by atoms with Gasteiger partial charge in [-0.25, -0.2) is 19.2 Å². The highest BCUT2D eigenvalue weighted by Crippen LogP contribution is 2.26. The number of benzene rings is 2. The van der Waals surface area contributed by atoms with Crippen LogP contribution in [0.1, 0.15) is 41.5 Å². The molecule has 44 heavy (non-hydrogen) atoms. The maximum atomic E-state index is 11.6. The minimum absolute atomic E-state index is 0.0882. The molecule has 0 saturated carbocycles. The summed E-state index contributed by atoms with van der Waals surface area (Å²) in [5, 5.41) is 33.4. The number of nitro groups is 1. The van der Waals surface area contributed by atoms with E-state index in [9.17, 15) is 29.3 Å². The second-order valence-electron chi connectivity index (χ2n) is 11.0. The number of hydrogen-bond acceptors (Lipinski definition) is 11. The summed E-state index contributed by atoms with van der Waals surface area (Å²) in [7, 11) is 0. The lowest BCUT2D eigenvalue weighted by molar-refractivity contribution is -0.385. The van der Waals surface area contributed by atoms with Crippen LogP contribution in [-0.4, -0.2) is 75.8 Å². The van der Waals surface area contributed by atoms with Crippen LogP contribution in [0.3, 0.4) is 0 Å². The summed E-state index contributed by atoms with van der Waals surface area (Å²) < 4.78 is 20.4. The fraction of sp³-hybridized carbons (Fsp3) is 0.429. The summed E-state index contributed by atoms with van der Waals surface area (Å²) in [5.74, 6) is -2.31. The summed E-state index contributed by atoms with van der Waals surface area (Å²) >= 11 is 0. The second-order valence-corrected chi connectivity index (χ2v) is 11.0. The van der Waals surface area contributed by atoms with Gasteiger partial charge in [0.1, 0.15) is 30.2 Å². The topological polar surface area (TPSA) is 239 Å². The predicted molar refractivity (Wildman–Crippen MR) is 157 cm³/mol. The monoisotopic (exact) mass is 622 g/mol. The van der Waals surface area contributed by atoms with Gasteiger partial charge in [0.2, 0.25) is 0 Å². The molecule has 0 heterocycles. The quantitative estimate of drug-likeness (QED) is 0.137. The van der Waals surface area contributed by atoms with Crippen molar-refractivity contribution in [1.29, 1.82) is 0 Å². The zero-order valence-electron chi connectivity index (χ0n) is 25.2. The lowest BCUT2D eigenvalue weighted by Gasteiger charge is -2.22. The third kappa shape index (κ3) is 14.6. The number of amides is 2. The van der Waals surface area contributed by atoms with Gasteiger partial charge in [-0.15, -0.1) is 0 Å². The molecule has 0 bridgehead atoms. The van der Waals surface area contributed by atoms with Crippen molar-refractivity contribution >= 4 is 35.5 Å². The molecule has 2 amide bonds. The van der Waals surface area contributed by atoms with Crippen LogP contribution in [0, 0.1) is 10.1 Å². The molecule has 0 aliphatic rings. The van der Waals surface area contributed by atoms with Crippen molar-refractivity contribution in [1.82, 2.24) is 10.6 Å². The highest BCUT2D eigenvalue weighted by molar-refractivity contribution is 5.80. The van der Waals surface area contributed by atoms with Crippen molar-refractivity contribution in [3.05, 3.63) is 58.6 Å². The van der Waals surface area contributed by atoms with Crippen LogP contribution in [0.25, 0.3) is 0 Å². The first-order valence-electron chi connectivity index (χ1n) is 13.1. The zero-order chi connectivity index (χ0) is 33.7.